The zero-order valence-corrected chi connectivity index (χ0v) is 8.75. The second kappa shape index (κ2) is 4.10. The quantitative estimate of drug-likeness (QED) is 0.782. The first-order chi connectivity index (χ1) is 7.72. The van der Waals surface area contributed by atoms with E-state index in [9.17, 15) is 9.90 Å². The van der Waals surface area contributed by atoms with Crippen LogP contribution in [0.4, 0.5) is 0 Å². The van der Waals surface area contributed by atoms with Crippen molar-refractivity contribution in [2.24, 2.45) is 0 Å². The minimum Gasteiger partial charge on any atom is -0.508 e. The number of methoxy groups -OCH3 is 1. The van der Waals surface area contributed by atoms with Crippen LogP contribution < -0.4 is 0 Å². The maximum absolute atomic E-state index is 11.4. The zero-order chi connectivity index (χ0) is 11.5. The number of esters is 1. The standard InChI is InChI=1S/C12H11NO3/c1-16-12(15)11-6-3-7-13(11)9-4-2-5-10(14)8-9/h2-8,14H,1H3. The highest BCUT2D eigenvalue weighted by Crippen LogP contribution is 2.18. The Balaban J connectivity index is 2.48. The molecule has 1 heterocycles. The van der Waals surface area contributed by atoms with Gasteiger partial charge in [-0.25, -0.2) is 4.79 Å². The Labute approximate surface area is 92.7 Å². The number of phenolic OH excluding ortho intramolecular Hbond substituents is 1. The Morgan fingerprint density at radius 1 is 1.31 bits per heavy atom. The smallest absolute Gasteiger partial charge is 0.355 e. The number of phenols is 1. The summed E-state index contributed by atoms with van der Waals surface area (Å²) in [6.07, 6.45) is 1.74. The van der Waals surface area contributed by atoms with Crippen molar-refractivity contribution in [3.05, 3.63) is 48.3 Å². The number of aromatic hydroxyl groups is 1. The van der Waals surface area contributed by atoms with E-state index in [1.807, 2.05) is 0 Å². The molecule has 0 fully saturated rings. The minimum atomic E-state index is -0.409. The number of hydrogen-bond acceptors (Lipinski definition) is 3. The summed E-state index contributed by atoms with van der Waals surface area (Å²) in [6, 6.07) is 10.1. The third kappa shape index (κ3) is 1.77. The van der Waals surface area contributed by atoms with Crippen molar-refractivity contribution in [2.45, 2.75) is 0 Å². The highest BCUT2D eigenvalue weighted by molar-refractivity contribution is 5.88. The van der Waals surface area contributed by atoms with Crippen molar-refractivity contribution in [3.63, 3.8) is 0 Å². The van der Waals surface area contributed by atoms with Crippen LogP contribution in [0.25, 0.3) is 5.69 Å². The maximum Gasteiger partial charge on any atom is 0.355 e. The van der Waals surface area contributed by atoms with E-state index in [-0.39, 0.29) is 5.75 Å². The van der Waals surface area contributed by atoms with Gasteiger partial charge in [0.2, 0.25) is 0 Å². The molecule has 0 aliphatic heterocycles. The van der Waals surface area contributed by atoms with Gasteiger partial charge in [0.1, 0.15) is 11.4 Å². The number of nitrogens with zero attached hydrogens (tertiary/aromatic N) is 1. The number of ether oxygens (including phenoxy) is 1. The van der Waals surface area contributed by atoms with E-state index in [1.54, 1.807) is 47.2 Å². The highest BCUT2D eigenvalue weighted by Gasteiger charge is 2.11. The van der Waals surface area contributed by atoms with E-state index in [0.717, 1.165) is 0 Å². The van der Waals surface area contributed by atoms with Crippen molar-refractivity contribution >= 4 is 5.97 Å². The molecule has 0 amide bonds. The van der Waals surface area contributed by atoms with Crippen LogP contribution >= 0.6 is 0 Å². The van der Waals surface area contributed by atoms with Crippen molar-refractivity contribution < 1.29 is 14.6 Å². The lowest BCUT2D eigenvalue weighted by Gasteiger charge is -2.07. The van der Waals surface area contributed by atoms with Gasteiger partial charge in [0.25, 0.3) is 0 Å². The molecule has 0 radical (unpaired) electrons. The van der Waals surface area contributed by atoms with Crippen LogP contribution in [0.5, 0.6) is 5.75 Å². The van der Waals surface area contributed by atoms with Gasteiger partial charge in [0.15, 0.2) is 0 Å². The molecule has 16 heavy (non-hydrogen) atoms. The molecule has 1 aromatic heterocycles. The second-order valence-electron chi connectivity index (χ2n) is 3.27. The van der Waals surface area contributed by atoms with E-state index >= 15 is 0 Å². The summed E-state index contributed by atoms with van der Waals surface area (Å²) in [7, 11) is 1.34. The molecule has 1 N–H and O–H groups in total. The van der Waals surface area contributed by atoms with Gasteiger partial charge in [-0.1, -0.05) is 6.07 Å². The number of carbonyl (C=O) groups is 1. The van der Waals surface area contributed by atoms with Gasteiger partial charge < -0.3 is 14.4 Å². The molecule has 2 rings (SSSR count). The van der Waals surface area contributed by atoms with Crippen molar-refractivity contribution in [1.82, 2.24) is 4.57 Å². The fraction of sp³-hybridized carbons (Fsp3) is 0.0833. The topological polar surface area (TPSA) is 51.5 Å². The first kappa shape index (κ1) is 10.3. The fourth-order valence-electron chi connectivity index (χ4n) is 1.52. The lowest BCUT2D eigenvalue weighted by molar-refractivity contribution is 0.0591. The predicted octanol–water partition coefficient (Wildman–Crippen LogP) is 1.97. The van der Waals surface area contributed by atoms with Gasteiger partial charge in [-0.2, -0.15) is 0 Å². The Morgan fingerprint density at radius 3 is 2.81 bits per heavy atom. The summed E-state index contributed by atoms with van der Waals surface area (Å²) < 4.78 is 6.32. The summed E-state index contributed by atoms with van der Waals surface area (Å²) in [4.78, 5) is 11.4. The molecule has 4 nitrogen and oxygen atoms in total. The lowest BCUT2D eigenvalue weighted by atomic mass is 10.3. The average Bonchev–Trinajstić information content (AvgIpc) is 2.77. The van der Waals surface area contributed by atoms with Crippen LogP contribution in [-0.2, 0) is 4.74 Å². The molecule has 0 atom stereocenters. The van der Waals surface area contributed by atoms with Crippen molar-refractivity contribution in [3.8, 4) is 11.4 Å². The molecule has 0 aliphatic carbocycles. The van der Waals surface area contributed by atoms with Crippen LogP contribution in [-0.4, -0.2) is 22.8 Å². The lowest BCUT2D eigenvalue weighted by Crippen LogP contribution is -2.08. The largest absolute Gasteiger partial charge is 0.508 e. The van der Waals surface area contributed by atoms with Gasteiger partial charge in [-0.05, 0) is 24.3 Å². The van der Waals surface area contributed by atoms with E-state index in [4.69, 9.17) is 0 Å². The van der Waals surface area contributed by atoms with E-state index < -0.39 is 5.97 Å². The summed E-state index contributed by atoms with van der Waals surface area (Å²) >= 11 is 0. The minimum absolute atomic E-state index is 0.155. The summed E-state index contributed by atoms with van der Waals surface area (Å²) in [5.41, 5.74) is 1.14. The fourth-order valence-corrected chi connectivity index (χ4v) is 1.52. The highest BCUT2D eigenvalue weighted by atomic mass is 16.5. The summed E-state index contributed by atoms with van der Waals surface area (Å²) in [6.45, 7) is 0. The molecule has 0 aliphatic rings. The molecule has 0 saturated carbocycles. The average molecular weight is 217 g/mol. The van der Waals surface area contributed by atoms with Gasteiger partial charge in [0, 0.05) is 18.0 Å². The van der Waals surface area contributed by atoms with Gasteiger partial charge in [0.05, 0.1) is 7.11 Å². The van der Waals surface area contributed by atoms with Crippen LogP contribution in [0.2, 0.25) is 0 Å². The molecule has 1 aromatic carbocycles. The SMILES string of the molecule is COC(=O)c1cccn1-c1cccc(O)c1. The van der Waals surface area contributed by atoms with Crippen LogP contribution in [0.15, 0.2) is 42.6 Å². The molecule has 82 valence electrons. The Bertz CT molecular complexity index is 516. The molecular weight excluding hydrogens is 206 g/mol. The third-order valence-electron chi connectivity index (χ3n) is 2.25. The van der Waals surface area contributed by atoms with E-state index in [1.165, 1.54) is 7.11 Å². The Morgan fingerprint density at radius 2 is 2.12 bits per heavy atom. The zero-order valence-electron chi connectivity index (χ0n) is 8.75. The molecular formula is C12H11NO3. The number of rotatable bonds is 2. The van der Waals surface area contributed by atoms with Crippen LogP contribution in [0.3, 0.4) is 0 Å². The molecule has 2 aromatic rings. The third-order valence-corrected chi connectivity index (χ3v) is 2.25. The monoisotopic (exact) mass is 217 g/mol. The van der Waals surface area contributed by atoms with Gasteiger partial charge >= 0.3 is 5.97 Å². The number of aromatic nitrogens is 1. The summed E-state index contributed by atoms with van der Waals surface area (Å²) in [5, 5.41) is 9.37. The summed E-state index contributed by atoms with van der Waals surface area (Å²) in [5.74, 6) is -0.254. The first-order valence-corrected chi connectivity index (χ1v) is 4.77. The second-order valence-corrected chi connectivity index (χ2v) is 3.27. The Kier molecular flexibility index (Phi) is 2.64. The normalized spacial score (nSPS) is 10.1. The number of benzene rings is 1. The van der Waals surface area contributed by atoms with Gasteiger partial charge in [-0.15, -0.1) is 0 Å². The number of hydrogen-bond donors (Lipinski definition) is 1. The van der Waals surface area contributed by atoms with Crippen LogP contribution in [0, 0.1) is 0 Å². The first-order valence-electron chi connectivity index (χ1n) is 4.77. The molecule has 0 bridgehead atoms. The van der Waals surface area contributed by atoms with Crippen molar-refractivity contribution in [1.29, 1.82) is 0 Å². The number of carbonyl (C=O) groups excluding carboxylic acids is 1. The molecule has 0 saturated heterocycles. The molecule has 0 spiro atoms. The molecule has 4 heteroatoms. The van der Waals surface area contributed by atoms with E-state index in [0.29, 0.717) is 11.4 Å². The van der Waals surface area contributed by atoms with E-state index in [2.05, 4.69) is 4.74 Å². The molecule has 0 unspecified atom stereocenters. The predicted molar refractivity (Wildman–Crippen MR) is 58.8 cm³/mol. The van der Waals surface area contributed by atoms with Crippen molar-refractivity contribution in [2.75, 3.05) is 7.11 Å². The van der Waals surface area contributed by atoms with Gasteiger partial charge in [-0.3, -0.25) is 0 Å². The Hall–Kier alpha value is -2.23. The van der Waals surface area contributed by atoms with Crippen LogP contribution in [0.1, 0.15) is 10.5 Å². The maximum atomic E-state index is 11.4.